The van der Waals surface area contributed by atoms with Crippen molar-refractivity contribution in [1.82, 2.24) is 4.37 Å². The Bertz CT molecular complexity index is 187. The van der Waals surface area contributed by atoms with Crippen molar-refractivity contribution in [2.75, 3.05) is 0 Å². The molecule has 1 heterocycles. The van der Waals surface area contributed by atoms with Crippen LogP contribution in [0.15, 0.2) is 0 Å². The van der Waals surface area contributed by atoms with Gasteiger partial charge in [-0.25, -0.2) is 0 Å². The smallest absolute Gasteiger partial charge is 0.146 e. The molecule has 9 heavy (non-hydrogen) atoms. The highest BCUT2D eigenvalue weighted by atomic mass is 35.5. The van der Waals surface area contributed by atoms with Crippen LogP contribution in [0.1, 0.15) is 17.4 Å². The van der Waals surface area contributed by atoms with E-state index in [4.69, 9.17) is 11.6 Å². The summed E-state index contributed by atoms with van der Waals surface area (Å²) in [6, 6.07) is 0. The minimum atomic E-state index is 0.681. The number of aryl methyl sites for hydroxylation is 1. The topological polar surface area (TPSA) is 12.9 Å². The van der Waals surface area contributed by atoms with Gasteiger partial charge in [-0.05, 0) is 24.9 Å². The molecule has 0 radical (unpaired) electrons. The zero-order chi connectivity index (χ0) is 6.85. The van der Waals surface area contributed by atoms with Gasteiger partial charge in [-0.15, -0.1) is 0 Å². The molecule has 0 unspecified atom stereocenters. The summed E-state index contributed by atoms with van der Waals surface area (Å²) < 4.78 is 3.99. The highest BCUT2D eigenvalue weighted by molar-refractivity contribution is 7.06. The van der Waals surface area contributed by atoms with Gasteiger partial charge in [0.2, 0.25) is 0 Å². The van der Waals surface area contributed by atoms with Crippen LogP contribution in [0.25, 0.3) is 0 Å². The molecule has 1 aromatic rings. The Morgan fingerprint density at radius 2 is 2.33 bits per heavy atom. The first-order valence-electron chi connectivity index (χ1n) is 2.86. The number of rotatable bonds is 1. The van der Waals surface area contributed by atoms with E-state index in [1.165, 1.54) is 22.0 Å². The molecule has 0 fully saturated rings. The molecule has 0 saturated carbocycles. The fourth-order valence-corrected chi connectivity index (χ4v) is 1.87. The zero-order valence-electron chi connectivity index (χ0n) is 5.44. The van der Waals surface area contributed by atoms with Gasteiger partial charge >= 0.3 is 0 Å². The van der Waals surface area contributed by atoms with E-state index in [0.717, 1.165) is 6.42 Å². The molecule has 0 aliphatic carbocycles. The van der Waals surface area contributed by atoms with E-state index in [9.17, 15) is 0 Å². The van der Waals surface area contributed by atoms with Crippen molar-refractivity contribution < 1.29 is 0 Å². The standard InChI is InChI=1S/C6H8ClNS/c1-3-5-4(2)9-8-6(5)7/h3H2,1-2H3. The van der Waals surface area contributed by atoms with Crippen LogP contribution < -0.4 is 0 Å². The normalized spacial score (nSPS) is 10.1. The van der Waals surface area contributed by atoms with Gasteiger partial charge in [-0.2, -0.15) is 4.37 Å². The average molecular weight is 162 g/mol. The molecule has 3 heteroatoms. The van der Waals surface area contributed by atoms with E-state index in [2.05, 4.69) is 11.3 Å². The molecule has 50 valence electrons. The summed E-state index contributed by atoms with van der Waals surface area (Å²) >= 11 is 7.22. The van der Waals surface area contributed by atoms with E-state index in [-0.39, 0.29) is 0 Å². The molecule has 1 aromatic heterocycles. The maximum absolute atomic E-state index is 5.74. The summed E-state index contributed by atoms with van der Waals surface area (Å²) in [5.74, 6) is 0. The summed E-state index contributed by atoms with van der Waals surface area (Å²) in [5.41, 5.74) is 1.20. The molecule has 0 saturated heterocycles. The van der Waals surface area contributed by atoms with Crippen LogP contribution in [0, 0.1) is 6.92 Å². The molecule has 0 aromatic carbocycles. The molecule has 0 atom stereocenters. The fraction of sp³-hybridized carbons (Fsp3) is 0.500. The van der Waals surface area contributed by atoms with E-state index >= 15 is 0 Å². The Morgan fingerprint density at radius 1 is 1.67 bits per heavy atom. The number of nitrogens with zero attached hydrogens (tertiary/aromatic N) is 1. The van der Waals surface area contributed by atoms with Crippen LogP contribution in [0.5, 0.6) is 0 Å². The third kappa shape index (κ3) is 1.25. The molecular formula is C6H8ClNS. The van der Waals surface area contributed by atoms with Gasteiger partial charge in [0.15, 0.2) is 0 Å². The van der Waals surface area contributed by atoms with E-state index in [0.29, 0.717) is 5.15 Å². The molecule has 0 amide bonds. The zero-order valence-corrected chi connectivity index (χ0v) is 7.01. The van der Waals surface area contributed by atoms with Crippen molar-refractivity contribution in [3.8, 4) is 0 Å². The van der Waals surface area contributed by atoms with Gasteiger partial charge in [0, 0.05) is 10.4 Å². The summed E-state index contributed by atoms with van der Waals surface area (Å²) in [7, 11) is 0. The third-order valence-corrected chi connectivity index (χ3v) is 2.50. The molecule has 0 bridgehead atoms. The summed E-state index contributed by atoms with van der Waals surface area (Å²) in [6.45, 7) is 4.13. The molecule has 0 spiro atoms. The summed E-state index contributed by atoms with van der Waals surface area (Å²) in [5, 5.41) is 0.681. The van der Waals surface area contributed by atoms with Crippen LogP contribution >= 0.6 is 23.1 Å². The molecule has 0 aliphatic heterocycles. The van der Waals surface area contributed by atoms with Crippen molar-refractivity contribution in [3.63, 3.8) is 0 Å². The molecule has 0 N–H and O–H groups in total. The second-order valence-corrected chi connectivity index (χ2v) is 3.20. The van der Waals surface area contributed by atoms with Crippen LogP contribution in [0.3, 0.4) is 0 Å². The van der Waals surface area contributed by atoms with Gasteiger partial charge < -0.3 is 0 Å². The van der Waals surface area contributed by atoms with E-state index < -0.39 is 0 Å². The molecule has 0 aliphatic rings. The number of aromatic nitrogens is 1. The lowest BCUT2D eigenvalue weighted by molar-refractivity contribution is 1.12. The predicted molar refractivity (Wildman–Crippen MR) is 41.2 cm³/mol. The maximum atomic E-state index is 5.74. The third-order valence-electron chi connectivity index (χ3n) is 1.29. The Morgan fingerprint density at radius 3 is 2.56 bits per heavy atom. The van der Waals surface area contributed by atoms with Crippen LogP contribution in [-0.2, 0) is 6.42 Å². The average Bonchev–Trinajstić information content (AvgIpc) is 2.12. The summed E-state index contributed by atoms with van der Waals surface area (Å²) in [6.07, 6.45) is 0.987. The minimum Gasteiger partial charge on any atom is -0.180 e. The van der Waals surface area contributed by atoms with Gasteiger partial charge in [0.25, 0.3) is 0 Å². The highest BCUT2D eigenvalue weighted by Crippen LogP contribution is 2.22. The lowest BCUT2D eigenvalue weighted by Gasteiger charge is -1.89. The fourth-order valence-electron chi connectivity index (χ4n) is 0.759. The van der Waals surface area contributed by atoms with Gasteiger partial charge in [0.1, 0.15) is 5.15 Å². The van der Waals surface area contributed by atoms with Crippen molar-refractivity contribution in [2.45, 2.75) is 20.3 Å². The Labute approximate surface area is 63.8 Å². The van der Waals surface area contributed by atoms with Crippen molar-refractivity contribution in [2.24, 2.45) is 0 Å². The molecule has 1 nitrogen and oxygen atoms in total. The maximum Gasteiger partial charge on any atom is 0.146 e. The highest BCUT2D eigenvalue weighted by Gasteiger charge is 2.04. The van der Waals surface area contributed by atoms with Crippen molar-refractivity contribution in [1.29, 1.82) is 0 Å². The Kier molecular flexibility index (Phi) is 2.09. The Hall–Kier alpha value is -0.0800. The van der Waals surface area contributed by atoms with E-state index in [1.807, 2.05) is 6.92 Å². The molecule has 1 rings (SSSR count). The molecular weight excluding hydrogens is 154 g/mol. The number of hydrogen-bond acceptors (Lipinski definition) is 2. The quantitative estimate of drug-likeness (QED) is 0.617. The largest absolute Gasteiger partial charge is 0.180 e. The first kappa shape index (κ1) is 7.03. The number of halogens is 1. The van der Waals surface area contributed by atoms with Gasteiger partial charge in [0.05, 0.1) is 0 Å². The van der Waals surface area contributed by atoms with E-state index in [1.54, 1.807) is 0 Å². The lowest BCUT2D eigenvalue weighted by Crippen LogP contribution is -1.78. The van der Waals surface area contributed by atoms with Crippen LogP contribution in [-0.4, -0.2) is 4.37 Å². The summed E-state index contributed by atoms with van der Waals surface area (Å²) in [4.78, 5) is 1.24. The van der Waals surface area contributed by atoms with Crippen molar-refractivity contribution in [3.05, 3.63) is 15.6 Å². The lowest BCUT2D eigenvalue weighted by atomic mass is 10.2. The van der Waals surface area contributed by atoms with Crippen LogP contribution in [0.2, 0.25) is 5.15 Å². The van der Waals surface area contributed by atoms with Gasteiger partial charge in [-0.3, -0.25) is 0 Å². The predicted octanol–water partition coefficient (Wildman–Crippen LogP) is 2.67. The monoisotopic (exact) mass is 161 g/mol. The minimum absolute atomic E-state index is 0.681. The number of hydrogen-bond donors (Lipinski definition) is 0. The Balaban J connectivity index is 3.07. The van der Waals surface area contributed by atoms with Crippen LogP contribution in [0.4, 0.5) is 0 Å². The van der Waals surface area contributed by atoms with Gasteiger partial charge in [-0.1, -0.05) is 18.5 Å². The first-order valence-corrected chi connectivity index (χ1v) is 4.01. The second-order valence-electron chi connectivity index (χ2n) is 1.86. The second kappa shape index (κ2) is 2.67. The SMILES string of the molecule is CCc1c(Cl)nsc1C. The first-order chi connectivity index (χ1) is 4.25. The van der Waals surface area contributed by atoms with Crippen molar-refractivity contribution >= 4 is 23.1 Å².